The molecule has 0 saturated carbocycles. The van der Waals surface area contributed by atoms with Gasteiger partial charge in [-0.05, 0) is 42.7 Å². The van der Waals surface area contributed by atoms with Crippen LogP contribution in [0, 0.1) is 18.6 Å². The summed E-state index contributed by atoms with van der Waals surface area (Å²) in [5.74, 6) is -2.18. The highest BCUT2D eigenvalue weighted by atomic mass is 19.4. The minimum absolute atomic E-state index is 0.0187. The van der Waals surface area contributed by atoms with Gasteiger partial charge < -0.3 is 10.1 Å². The summed E-state index contributed by atoms with van der Waals surface area (Å²) in [5.41, 5.74) is 2.40. The fraction of sp³-hybridized carbons (Fsp3) is 0.276. The van der Waals surface area contributed by atoms with Crippen LogP contribution in [0.25, 0.3) is 11.1 Å². The van der Waals surface area contributed by atoms with Gasteiger partial charge in [-0.1, -0.05) is 35.9 Å². The number of aromatic nitrogens is 3. The second-order valence-corrected chi connectivity index (χ2v) is 9.64. The van der Waals surface area contributed by atoms with Gasteiger partial charge >= 0.3 is 6.18 Å². The molecule has 40 heavy (non-hydrogen) atoms. The van der Waals surface area contributed by atoms with Gasteiger partial charge in [0, 0.05) is 35.5 Å². The molecule has 1 amide bonds. The van der Waals surface area contributed by atoms with E-state index in [-0.39, 0.29) is 42.9 Å². The first-order valence-electron chi connectivity index (χ1n) is 12.6. The predicted octanol–water partition coefficient (Wildman–Crippen LogP) is 5.72. The molecule has 2 aromatic carbocycles. The Labute approximate surface area is 226 Å². The van der Waals surface area contributed by atoms with Crippen molar-refractivity contribution in [1.29, 1.82) is 0 Å². The Bertz CT molecular complexity index is 1510. The van der Waals surface area contributed by atoms with Crippen LogP contribution in [-0.4, -0.2) is 27.3 Å². The molecule has 1 N–H and O–H groups in total. The van der Waals surface area contributed by atoms with Gasteiger partial charge in [-0.25, -0.2) is 8.78 Å². The van der Waals surface area contributed by atoms with Crippen molar-refractivity contribution in [2.75, 3.05) is 6.61 Å². The van der Waals surface area contributed by atoms with Crippen LogP contribution in [0.15, 0.2) is 60.8 Å². The summed E-state index contributed by atoms with van der Waals surface area (Å²) in [6.45, 7) is 1.42. The summed E-state index contributed by atoms with van der Waals surface area (Å²) >= 11 is 0. The van der Waals surface area contributed by atoms with E-state index in [4.69, 9.17) is 4.74 Å². The fourth-order valence-corrected chi connectivity index (χ4v) is 4.90. The summed E-state index contributed by atoms with van der Waals surface area (Å²) in [4.78, 5) is 17.8. The van der Waals surface area contributed by atoms with Crippen LogP contribution in [0.3, 0.4) is 0 Å². The summed E-state index contributed by atoms with van der Waals surface area (Å²) in [7, 11) is 0. The summed E-state index contributed by atoms with van der Waals surface area (Å²) < 4.78 is 75.1. The molecule has 0 radical (unpaired) electrons. The minimum Gasteiger partial charge on any atom is -0.376 e. The van der Waals surface area contributed by atoms with Crippen LogP contribution in [0.2, 0.25) is 0 Å². The van der Waals surface area contributed by atoms with Crippen LogP contribution in [0.5, 0.6) is 0 Å². The number of ether oxygens (including phenoxy) is 1. The van der Waals surface area contributed by atoms with Gasteiger partial charge in [0.05, 0.1) is 24.9 Å². The number of alkyl halides is 3. The highest BCUT2D eigenvalue weighted by Crippen LogP contribution is 2.35. The second-order valence-electron chi connectivity index (χ2n) is 9.64. The van der Waals surface area contributed by atoms with Crippen LogP contribution >= 0.6 is 0 Å². The number of nitrogens with one attached hydrogen (secondary N) is 1. The van der Waals surface area contributed by atoms with Crippen molar-refractivity contribution in [3.63, 3.8) is 0 Å². The average Bonchev–Trinajstić information content (AvgIpc) is 3.27. The van der Waals surface area contributed by atoms with Crippen LogP contribution in [0.1, 0.15) is 39.8 Å². The van der Waals surface area contributed by atoms with Crippen LogP contribution in [-0.2, 0) is 41.7 Å². The van der Waals surface area contributed by atoms with Crippen LogP contribution < -0.4 is 5.32 Å². The zero-order chi connectivity index (χ0) is 28.4. The lowest BCUT2D eigenvalue weighted by atomic mass is 9.95. The lowest BCUT2D eigenvalue weighted by Gasteiger charge is -2.22. The van der Waals surface area contributed by atoms with E-state index in [9.17, 15) is 26.7 Å². The van der Waals surface area contributed by atoms with Crippen molar-refractivity contribution in [3.8, 4) is 11.1 Å². The predicted molar refractivity (Wildman–Crippen MR) is 136 cm³/mol. The molecule has 0 saturated heterocycles. The van der Waals surface area contributed by atoms with E-state index in [1.807, 2.05) is 37.3 Å². The van der Waals surface area contributed by atoms with E-state index in [0.717, 1.165) is 34.0 Å². The van der Waals surface area contributed by atoms with Crippen molar-refractivity contribution >= 4 is 5.91 Å². The summed E-state index contributed by atoms with van der Waals surface area (Å²) in [5, 5.41) is 6.53. The molecule has 11 heteroatoms. The molecule has 0 aliphatic carbocycles. The largest absolute Gasteiger partial charge is 0.435 e. The summed E-state index contributed by atoms with van der Waals surface area (Å²) in [6, 6.07) is 13.4. The maximum atomic E-state index is 14.0. The molecule has 1 aliphatic heterocycles. The van der Waals surface area contributed by atoms with E-state index in [1.165, 1.54) is 6.20 Å². The lowest BCUT2D eigenvalue weighted by Crippen LogP contribution is -2.34. The Morgan fingerprint density at radius 3 is 2.52 bits per heavy atom. The molecule has 6 nitrogen and oxygen atoms in total. The maximum Gasteiger partial charge on any atom is 0.435 e. The number of amides is 1. The zero-order valence-electron chi connectivity index (χ0n) is 21.4. The molecule has 0 fully saturated rings. The molecule has 208 valence electrons. The summed E-state index contributed by atoms with van der Waals surface area (Å²) in [6.07, 6.45) is -3.00. The Kier molecular flexibility index (Phi) is 7.66. The quantitative estimate of drug-likeness (QED) is 0.296. The van der Waals surface area contributed by atoms with Gasteiger partial charge in [0.2, 0.25) is 5.91 Å². The topological polar surface area (TPSA) is 69.0 Å². The monoisotopic (exact) mass is 556 g/mol. The standard InChI is InChI=1S/C29H25F5N4O2/c1-17-4-6-19(7-5-17)22-3-2-9-35-27(22)24(13-18-11-20(30)14-21(31)12-18)36-26(39)15-38-25-8-10-40-16-23(25)28(37-38)29(32,33)34/h2-7,9,11-12,14,24H,8,10,13,15-16H2,1H3,(H,36,39)/t24-/m0/s1. The van der Waals surface area contributed by atoms with E-state index >= 15 is 0 Å². The Hall–Kier alpha value is -4.12. The number of pyridine rings is 1. The Balaban J connectivity index is 1.49. The number of nitrogens with zero attached hydrogens (tertiary/aromatic N) is 3. The van der Waals surface area contributed by atoms with E-state index in [1.54, 1.807) is 6.07 Å². The fourth-order valence-electron chi connectivity index (χ4n) is 4.90. The highest BCUT2D eigenvalue weighted by molar-refractivity contribution is 5.77. The van der Waals surface area contributed by atoms with Crippen molar-refractivity contribution in [3.05, 3.63) is 106 Å². The van der Waals surface area contributed by atoms with Crippen molar-refractivity contribution < 1.29 is 31.5 Å². The molecule has 0 unspecified atom stereocenters. The van der Waals surface area contributed by atoms with Gasteiger partial charge in [0.25, 0.3) is 0 Å². The number of benzene rings is 2. The minimum atomic E-state index is -4.70. The molecule has 1 aliphatic rings. The van der Waals surface area contributed by atoms with Crippen molar-refractivity contribution in [2.24, 2.45) is 0 Å². The molecular formula is C29H25F5N4O2. The number of carbonyl (C=O) groups is 1. The highest BCUT2D eigenvalue weighted by Gasteiger charge is 2.40. The SMILES string of the molecule is Cc1ccc(-c2cccnc2[C@H](Cc2cc(F)cc(F)c2)NC(=O)Cn2nc(C(F)(F)F)c3c2CCOC3)cc1. The average molecular weight is 557 g/mol. The van der Waals surface area contributed by atoms with Crippen LogP contribution in [0.4, 0.5) is 22.0 Å². The number of carbonyl (C=O) groups excluding carboxylic acids is 1. The first-order chi connectivity index (χ1) is 19.1. The van der Waals surface area contributed by atoms with E-state index in [0.29, 0.717) is 11.3 Å². The Morgan fingerprint density at radius 1 is 1.10 bits per heavy atom. The van der Waals surface area contributed by atoms with Gasteiger partial charge in [0.1, 0.15) is 18.2 Å². The Morgan fingerprint density at radius 2 is 1.82 bits per heavy atom. The molecule has 2 aromatic heterocycles. The normalized spacial score (nSPS) is 14.1. The second kappa shape index (κ2) is 11.2. The number of hydrogen-bond donors (Lipinski definition) is 1. The number of fused-ring (bicyclic) bond motifs is 1. The molecule has 0 spiro atoms. The van der Waals surface area contributed by atoms with Gasteiger partial charge in [0.15, 0.2) is 5.69 Å². The third kappa shape index (κ3) is 6.04. The smallest absolute Gasteiger partial charge is 0.376 e. The molecule has 1 atom stereocenters. The van der Waals surface area contributed by atoms with E-state index < -0.39 is 42.0 Å². The maximum absolute atomic E-state index is 14.0. The zero-order valence-corrected chi connectivity index (χ0v) is 21.4. The molecule has 5 rings (SSSR count). The third-order valence-corrected chi connectivity index (χ3v) is 6.69. The molecule has 4 aromatic rings. The third-order valence-electron chi connectivity index (χ3n) is 6.69. The molecule has 0 bridgehead atoms. The van der Waals surface area contributed by atoms with Gasteiger partial charge in [-0.2, -0.15) is 18.3 Å². The number of halogens is 5. The molecular weight excluding hydrogens is 531 g/mol. The first-order valence-corrected chi connectivity index (χ1v) is 12.6. The van der Waals surface area contributed by atoms with Crippen molar-refractivity contribution in [2.45, 2.75) is 45.1 Å². The first kappa shape index (κ1) is 27.4. The van der Waals surface area contributed by atoms with Gasteiger partial charge in [-0.3, -0.25) is 14.5 Å². The number of rotatable bonds is 7. The van der Waals surface area contributed by atoms with E-state index in [2.05, 4.69) is 15.4 Å². The molecule has 3 heterocycles. The lowest BCUT2D eigenvalue weighted by molar-refractivity contribution is -0.143. The number of aryl methyl sites for hydroxylation is 1. The number of hydrogen-bond acceptors (Lipinski definition) is 4. The van der Waals surface area contributed by atoms with Gasteiger partial charge in [-0.15, -0.1) is 0 Å². The van der Waals surface area contributed by atoms with Crippen molar-refractivity contribution in [1.82, 2.24) is 20.1 Å².